The van der Waals surface area contributed by atoms with Gasteiger partial charge in [-0.15, -0.1) is 0 Å². The maximum Gasteiger partial charge on any atom is 0.283 e. The van der Waals surface area contributed by atoms with Gasteiger partial charge in [-0.2, -0.15) is 13.5 Å². The highest BCUT2D eigenvalue weighted by Gasteiger charge is 2.22. The molecule has 0 atom stereocenters. The smallest absolute Gasteiger partial charge is 0.283 e. The Morgan fingerprint density at radius 3 is 2.89 bits per heavy atom. The van der Waals surface area contributed by atoms with Crippen LogP contribution < -0.4 is 10.5 Å². The molecule has 7 nitrogen and oxygen atoms in total. The molecule has 0 spiro atoms. The number of aromatic nitrogens is 3. The van der Waals surface area contributed by atoms with E-state index < -0.39 is 20.9 Å². The van der Waals surface area contributed by atoms with Crippen molar-refractivity contribution in [3.8, 4) is 0 Å². The fourth-order valence-electron chi connectivity index (χ4n) is 1.52. The second kappa shape index (κ2) is 4.94. The summed E-state index contributed by atoms with van der Waals surface area (Å²) in [5.74, 6) is -0.865. The Labute approximate surface area is 109 Å². The van der Waals surface area contributed by atoms with E-state index in [0.29, 0.717) is 5.56 Å². The number of nitrogens with two attached hydrogens (primary N) is 1. The van der Waals surface area contributed by atoms with Crippen LogP contribution in [0.3, 0.4) is 0 Å². The van der Waals surface area contributed by atoms with Crippen LogP contribution in [0.15, 0.2) is 29.6 Å². The van der Waals surface area contributed by atoms with Gasteiger partial charge < -0.3 is 5.73 Å². The van der Waals surface area contributed by atoms with Crippen molar-refractivity contribution in [2.45, 2.75) is 11.6 Å². The number of anilines is 1. The van der Waals surface area contributed by atoms with E-state index in [-0.39, 0.29) is 12.4 Å². The Morgan fingerprint density at radius 1 is 1.53 bits per heavy atom. The molecule has 0 aliphatic carbocycles. The lowest BCUT2D eigenvalue weighted by atomic mass is 10.3. The fourth-order valence-corrected chi connectivity index (χ4v) is 2.56. The zero-order valence-corrected chi connectivity index (χ0v) is 10.9. The van der Waals surface area contributed by atoms with Gasteiger partial charge in [-0.05, 0) is 12.1 Å². The van der Waals surface area contributed by atoms with Gasteiger partial charge in [-0.3, -0.25) is 9.40 Å². The van der Waals surface area contributed by atoms with E-state index in [2.05, 4.69) is 14.8 Å². The van der Waals surface area contributed by atoms with Crippen LogP contribution in [0.4, 0.5) is 10.2 Å². The Kier molecular flexibility index (Phi) is 3.49. The van der Waals surface area contributed by atoms with E-state index in [1.54, 1.807) is 13.2 Å². The van der Waals surface area contributed by atoms with Crippen molar-refractivity contribution in [3.63, 3.8) is 0 Å². The summed E-state index contributed by atoms with van der Waals surface area (Å²) in [7, 11) is -2.51. The van der Waals surface area contributed by atoms with E-state index in [1.807, 2.05) is 0 Å². The van der Waals surface area contributed by atoms with E-state index in [4.69, 9.17) is 5.73 Å². The monoisotopic (exact) mass is 285 g/mol. The molecule has 0 radical (unpaired) electrons. The third-order valence-corrected chi connectivity index (χ3v) is 3.61. The van der Waals surface area contributed by atoms with Crippen LogP contribution in [-0.4, -0.2) is 23.2 Å². The summed E-state index contributed by atoms with van der Waals surface area (Å²) in [6.07, 6.45) is 2.77. The maximum atomic E-state index is 13.4. The molecule has 2 rings (SSSR count). The number of aryl methyl sites for hydroxylation is 1. The largest absolute Gasteiger partial charge is 0.326 e. The van der Waals surface area contributed by atoms with E-state index >= 15 is 0 Å². The zero-order chi connectivity index (χ0) is 14.0. The molecule has 0 aromatic carbocycles. The van der Waals surface area contributed by atoms with Crippen molar-refractivity contribution in [3.05, 3.63) is 35.9 Å². The van der Waals surface area contributed by atoms with Gasteiger partial charge in [0.2, 0.25) is 5.03 Å². The number of nitrogens with one attached hydrogen (secondary N) is 1. The molecular formula is C10H12FN5O2S. The van der Waals surface area contributed by atoms with Crippen molar-refractivity contribution in [2.24, 2.45) is 12.8 Å². The number of rotatable bonds is 4. The summed E-state index contributed by atoms with van der Waals surface area (Å²) in [6.45, 7) is 0.108. The first kappa shape index (κ1) is 13.4. The Morgan fingerprint density at radius 2 is 2.26 bits per heavy atom. The van der Waals surface area contributed by atoms with Gasteiger partial charge in [0, 0.05) is 31.5 Å². The molecule has 0 saturated carbocycles. The Bertz CT molecular complexity index is 698. The summed E-state index contributed by atoms with van der Waals surface area (Å²) in [5, 5.41) is 3.24. The molecule has 0 amide bonds. The molecule has 2 aromatic rings. The summed E-state index contributed by atoms with van der Waals surface area (Å²) in [6, 6.07) is 2.32. The minimum absolute atomic E-state index is 0.0649. The topological polar surface area (TPSA) is 103 Å². The summed E-state index contributed by atoms with van der Waals surface area (Å²) in [5.41, 5.74) is 5.98. The van der Waals surface area contributed by atoms with Gasteiger partial charge in [-0.1, -0.05) is 0 Å². The minimum Gasteiger partial charge on any atom is -0.326 e. The predicted octanol–water partition coefficient (Wildman–Crippen LogP) is 0.214. The van der Waals surface area contributed by atoms with Crippen LogP contribution in [0, 0.1) is 5.82 Å². The number of halogens is 1. The van der Waals surface area contributed by atoms with Crippen molar-refractivity contribution in [2.75, 3.05) is 4.72 Å². The number of sulfonamides is 1. The van der Waals surface area contributed by atoms with Crippen molar-refractivity contribution >= 4 is 15.8 Å². The lowest BCUT2D eigenvalue weighted by Gasteiger charge is -2.06. The predicted molar refractivity (Wildman–Crippen MR) is 66.1 cm³/mol. The normalized spacial score (nSPS) is 11.5. The molecule has 2 heterocycles. The van der Waals surface area contributed by atoms with Gasteiger partial charge in [-0.25, -0.2) is 9.37 Å². The van der Waals surface area contributed by atoms with Crippen LogP contribution in [0.25, 0.3) is 0 Å². The molecule has 19 heavy (non-hydrogen) atoms. The molecule has 0 aliphatic heterocycles. The molecule has 0 saturated heterocycles. The number of pyridine rings is 1. The number of nitrogens with zero attached hydrogens (tertiary/aromatic N) is 3. The van der Waals surface area contributed by atoms with Crippen LogP contribution >= 0.6 is 0 Å². The summed E-state index contributed by atoms with van der Waals surface area (Å²) < 4.78 is 41.0. The summed E-state index contributed by atoms with van der Waals surface area (Å²) in [4.78, 5) is 3.52. The highest BCUT2D eigenvalue weighted by Crippen LogP contribution is 2.18. The Hall–Kier alpha value is -2.00. The van der Waals surface area contributed by atoms with Crippen molar-refractivity contribution in [1.29, 1.82) is 0 Å². The van der Waals surface area contributed by atoms with Crippen LogP contribution in [0.2, 0.25) is 0 Å². The molecular weight excluding hydrogens is 273 g/mol. The van der Waals surface area contributed by atoms with E-state index in [9.17, 15) is 12.8 Å². The van der Waals surface area contributed by atoms with Crippen molar-refractivity contribution < 1.29 is 12.8 Å². The molecule has 3 N–H and O–H groups in total. The molecule has 2 aromatic heterocycles. The molecule has 9 heteroatoms. The average Bonchev–Trinajstić information content (AvgIpc) is 2.69. The third kappa shape index (κ3) is 2.71. The van der Waals surface area contributed by atoms with Crippen LogP contribution in [0.5, 0.6) is 0 Å². The Balaban J connectivity index is 2.39. The number of hydrogen-bond donors (Lipinski definition) is 2. The molecule has 0 unspecified atom stereocenters. The standard InChI is InChI=1S/C10H12FN5O2S/c1-16-6-7(5-12)9(14-16)15-19(17,18)10-8(11)3-2-4-13-10/h2-4,6H,5,12H2,1H3,(H,14,15). The minimum atomic E-state index is -4.13. The highest BCUT2D eigenvalue weighted by molar-refractivity contribution is 7.92. The van der Waals surface area contributed by atoms with Gasteiger partial charge in [0.05, 0.1) is 0 Å². The fraction of sp³-hybridized carbons (Fsp3) is 0.200. The van der Waals surface area contributed by atoms with Gasteiger partial charge >= 0.3 is 0 Å². The first-order chi connectivity index (χ1) is 8.94. The summed E-state index contributed by atoms with van der Waals surface area (Å²) >= 11 is 0. The molecule has 0 bridgehead atoms. The SMILES string of the molecule is Cn1cc(CN)c(NS(=O)(=O)c2ncccc2F)n1. The zero-order valence-electron chi connectivity index (χ0n) is 10.0. The van der Waals surface area contributed by atoms with E-state index in [0.717, 1.165) is 6.07 Å². The molecule has 0 fully saturated rings. The van der Waals surface area contributed by atoms with Crippen LogP contribution in [0.1, 0.15) is 5.56 Å². The first-order valence-corrected chi connectivity index (χ1v) is 6.78. The van der Waals surface area contributed by atoms with Crippen LogP contribution in [-0.2, 0) is 23.6 Å². The van der Waals surface area contributed by atoms with Gasteiger partial charge in [0.15, 0.2) is 11.6 Å². The van der Waals surface area contributed by atoms with Gasteiger partial charge in [0.1, 0.15) is 0 Å². The second-order valence-electron chi connectivity index (χ2n) is 3.78. The number of hydrogen-bond acceptors (Lipinski definition) is 5. The lowest BCUT2D eigenvalue weighted by molar-refractivity contribution is 0.556. The third-order valence-electron chi connectivity index (χ3n) is 2.33. The second-order valence-corrected chi connectivity index (χ2v) is 5.37. The maximum absolute atomic E-state index is 13.4. The van der Waals surface area contributed by atoms with Gasteiger partial charge in [0.25, 0.3) is 10.0 Å². The lowest BCUT2D eigenvalue weighted by Crippen LogP contribution is -2.17. The molecule has 102 valence electrons. The van der Waals surface area contributed by atoms with Crippen molar-refractivity contribution in [1.82, 2.24) is 14.8 Å². The quantitative estimate of drug-likeness (QED) is 0.836. The molecule has 0 aliphatic rings. The average molecular weight is 285 g/mol. The van der Waals surface area contributed by atoms with E-state index in [1.165, 1.54) is 16.9 Å². The first-order valence-electron chi connectivity index (χ1n) is 5.30. The highest BCUT2D eigenvalue weighted by atomic mass is 32.2.